The second-order valence-electron chi connectivity index (χ2n) is 8.99. The number of nitrogens with one attached hydrogen (secondary N) is 1. The maximum Gasteiger partial charge on any atom is 0.272 e. The summed E-state index contributed by atoms with van der Waals surface area (Å²) < 4.78 is 2.17. The van der Waals surface area contributed by atoms with E-state index >= 15 is 0 Å². The SMILES string of the molecule is O=C(N/N=C\c1cn(Cc2ccc(Cl)cc2)c2ccccc12)c1cc(-c2ccccc2)nc2ccccc12. The Morgan fingerprint density at radius 2 is 1.58 bits per heavy atom. The molecular weight excluding hydrogens is 492 g/mol. The van der Waals surface area contributed by atoms with E-state index in [-0.39, 0.29) is 5.91 Å². The number of nitrogens with zero attached hydrogens (tertiary/aromatic N) is 3. The lowest BCUT2D eigenvalue weighted by atomic mass is 10.0. The van der Waals surface area contributed by atoms with Gasteiger partial charge in [0, 0.05) is 45.2 Å². The third-order valence-corrected chi connectivity index (χ3v) is 6.74. The number of carbonyl (C=O) groups excluding carboxylic acids is 1. The van der Waals surface area contributed by atoms with Crippen molar-refractivity contribution in [1.82, 2.24) is 15.0 Å². The van der Waals surface area contributed by atoms with Gasteiger partial charge in [0.25, 0.3) is 5.91 Å². The van der Waals surface area contributed by atoms with Crippen LogP contribution in [-0.4, -0.2) is 21.7 Å². The third kappa shape index (κ3) is 4.80. The van der Waals surface area contributed by atoms with Crippen LogP contribution in [0, 0.1) is 0 Å². The summed E-state index contributed by atoms with van der Waals surface area (Å²) in [5, 5.41) is 6.88. The summed E-state index contributed by atoms with van der Waals surface area (Å²) in [5.41, 5.74) is 8.84. The minimum atomic E-state index is -0.290. The molecule has 2 aromatic heterocycles. The lowest BCUT2D eigenvalue weighted by Crippen LogP contribution is -2.18. The van der Waals surface area contributed by atoms with Crippen LogP contribution >= 0.6 is 11.6 Å². The number of carbonyl (C=O) groups is 1. The first-order chi connectivity index (χ1) is 18.7. The van der Waals surface area contributed by atoms with E-state index in [2.05, 4.69) is 27.2 Å². The van der Waals surface area contributed by atoms with Gasteiger partial charge in [-0.05, 0) is 35.9 Å². The molecule has 4 aromatic carbocycles. The van der Waals surface area contributed by atoms with Crippen molar-refractivity contribution in [1.29, 1.82) is 0 Å². The Bertz CT molecular complexity index is 1790. The van der Waals surface area contributed by atoms with Crippen molar-refractivity contribution in [3.63, 3.8) is 0 Å². The molecule has 0 aliphatic heterocycles. The summed E-state index contributed by atoms with van der Waals surface area (Å²) in [4.78, 5) is 18.1. The highest BCUT2D eigenvalue weighted by molar-refractivity contribution is 6.30. The Balaban J connectivity index is 1.29. The molecule has 0 saturated heterocycles. The first-order valence-electron chi connectivity index (χ1n) is 12.3. The number of hydrazone groups is 1. The summed E-state index contributed by atoms with van der Waals surface area (Å²) in [5.74, 6) is -0.290. The van der Waals surface area contributed by atoms with Crippen molar-refractivity contribution in [3.05, 3.63) is 137 Å². The van der Waals surface area contributed by atoms with Crippen LogP contribution in [0.5, 0.6) is 0 Å². The number of amides is 1. The highest BCUT2D eigenvalue weighted by atomic mass is 35.5. The molecule has 0 aliphatic carbocycles. The fourth-order valence-electron chi connectivity index (χ4n) is 4.64. The number of aromatic nitrogens is 2. The number of para-hydroxylation sites is 2. The lowest BCUT2D eigenvalue weighted by Gasteiger charge is -2.09. The van der Waals surface area contributed by atoms with E-state index in [9.17, 15) is 4.79 Å². The van der Waals surface area contributed by atoms with Crippen molar-refractivity contribution in [3.8, 4) is 11.3 Å². The number of fused-ring (bicyclic) bond motifs is 2. The topological polar surface area (TPSA) is 59.3 Å². The standard InChI is InChI=1S/C32H23ClN4O/c33-25-16-14-22(15-17-25)20-37-21-24(26-10-5-7-13-31(26)37)19-34-36-32(38)28-18-30(23-8-2-1-3-9-23)35-29-12-6-4-11-27(28)29/h1-19,21H,20H2,(H,36,38)/b34-19-. The van der Waals surface area contributed by atoms with Crippen LogP contribution in [0.4, 0.5) is 0 Å². The predicted molar refractivity (Wildman–Crippen MR) is 155 cm³/mol. The molecule has 0 bridgehead atoms. The molecule has 1 amide bonds. The third-order valence-electron chi connectivity index (χ3n) is 6.49. The van der Waals surface area contributed by atoms with Gasteiger partial charge in [-0.2, -0.15) is 5.10 Å². The van der Waals surface area contributed by atoms with Crippen molar-refractivity contribution >= 4 is 45.5 Å². The van der Waals surface area contributed by atoms with Crippen molar-refractivity contribution < 1.29 is 4.79 Å². The van der Waals surface area contributed by atoms with Crippen LogP contribution < -0.4 is 5.43 Å². The van der Waals surface area contributed by atoms with Crippen LogP contribution in [-0.2, 0) is 6.54 Å². The summed E-state index contributed by atoms with van der Waals surface area (Å²) in [7, 11) is 0. The van der Waals surface area contributed by atoms with Gasteiger partial charge >= 0.3 is 0 Å². The number of rotatable bonds is 6. The summed E-state index contributed by atoms with van der Waals surface area (Å²) in [6, 6.07) is 35.3. The largest absolute Gasteiger partial charge is 0.342 e. The molecule has 0 aliphatic rings. The zero-order chi connectivity index (χ0) is 25.9. The molecule has 0 saturated carbocycles. The Hall–Kier alpha value is -4.74. The molecule has 2 heterocycles. The molecule has 0 spiro atoms. The van der Waals surface area contributed by atoms with Gasteiger partial charge in [0.15, 0.2) is 0 Å². The fraction of sp³-hybridized carbons (Fsp3) is 0.0312. The number of benzene rings is 4. The quantitative estimate of drug-likeness (QED) is 0.187. The Morgan fingerprint density at radius 3 is 2.39 bits per heavy atom. The number of halogens is 1. The number of pyridine rings is 1. The smallest absolute Gasteiger partial charge is 0.272 e. The van der Waals surface area contributed by atoms with E-state index in [0.29, 0.717) is 17.1 Å². The fourth-order valence-corrected chi connectivity index (χ4v) is 4.76. The van der Waals surface area contributed by atoms with E-state index in [0.717, 1.165) is 44.2 Å². The molecule has 184 valence electrons. The van der Waals surface area contributed by atoms with Gasteiger partial charge in [-0.15, -0.1) is 0 Å². The predicted octanol–water partition coefficient (Wildman–Crippen LogP) is 7.32. The first-order valence-corrected chi connectivity index (χ1v) is 12.6. The van der Waals surface area contributed by atoms with E-state index in [1.54, 1.807) is 6.21 Å². The van der Waals surface area contributed by atoms with Crippen molar-refractivity contribution in [2.45, 2.75) is 6.54 Å². The average molecular weight is 515 g/mol. The molecule has 0 atom stereocenters. The highest BCUT2D eigenvalue weighted by Crippen LogP contribution is 2.25. The van der Waals surface area contributed by atoms with Gasteiger partial charge in [0.1, 0.15) is 0 Å². The summed E-state index contributed by atoms with van der Waals surface area (Å²) >= 11 is 6.05. The molecule has 5 nitrogen and oxygen atoms in total. The number of hydrogen-bond acceptors (Lipinski definition) is 3. The molecular formula is C32H23ClN4O. The maximum absolute atomic E-state index is 13.3. The van der Waals surface area contributed by atoms with E-state index in [4.69, 9.17) is 16.6 Å². The molecule has 6 rings (SSSR count). The molecule has 6 aromatic rings. The lowest BCUT2D eigenvalue weighted by molar-refractivity contribution is 0.0956. The Labute approximate surface area is 225 Å². The van der Waals surface area contributed by atoms with Gasteiger partial charge in [0.05, 0.1) is 23.0 Å². The normalized spacial score (nSPS) is 11.4. The molecule has 0 unspecified atom stereocenters. The molecule has 0 fully saturated rings. The molecule has 0 radical (unpaired) electrons. The first kappa shape index (κ1) is 23.6. The monoisotopic (exact) mass is 514 g/mol. The van der Waals surface area contributed by atoms with Crippen LogP contribution in [0.15, 0.2) is 120 Å². The van der Waals surface area contributed by atoms with Crippen molar-refractivity contribution in [2.75, 3.05) is 0 Å². The minimum Gasteiger partial charge on any atom is -0.342 e. The minimum absolute atomic E-state index is 0.290. The Morgan fingerprint density at radius 1 is 0.868 bits per heavy atom. The van der Waals surface area contributed by atoms with Gasteiger partial charge in [-0.25, -0.2) is 10.4 Å². The summed E-state index contributed by atoms with van der Waals surface area (Å²) in [6.07, 6.45) is 3.74. The maximum atomic E-state index is 13.3. The molecule has 1 N–H and O–H groups in total. The number of hydrogen-bond donors (Lipinski definition) is 1. The van der Waals surface area contributed by atoms with E-state index in [1.807, 2.05) is 103 Å². The molecule has 6 heteroatoms. The van der Waals surface area contributed by atoms with Gasteiger partial charge in [-0.1, -0.05) is 90.5 Å². The van der Waals surface area contributed by atoms with E-state index in [1.165, 1.54) is 0 Å². The van der Waals surface area contributed by atoms with Crippen molar-refractivity contribution in [2.24, 2.45) is 5.10 Å². The van der Waals surface area contributed by atoms with Crippen LogP contribution in [0.1, 0.15) is 21.5 Å². The zero-order valence-electron chi connectivity index (χ0n) is 20.4. The van der Waals surface area contributed by atoms with Gasteiger partial charge in [-0.3, -0.25) is 4.79 Å². The zero-order valence-corrected chi connectivity index (χ0v) is 21.1. The van der Waals surface area contributed by atoms with Crippen LogP contribution in [0.3, 0.4) is 0 Å². The second kappa shape index (κ2) is 10.3. The second-order valence-corrected chi connectivity index (χ2v) is 9.43. The average Bonchev–Trinajstić information content (AvgIpc) is 3.31. The van der Waals surface area contributed by atoms with Crippen LogP contribution in [0.2, 0.25) is 5.02 Å². The molecule has 38 heavy (non-hydrogen) atoms. The highest BCUT2D eigenvalue weighted by Gasteiger charge is 2.14. The summed E-state index contributed by atoms with van der Waals surface area (Å²) in [6.45, 7) is 0.698. The van der Waals surface area contributed by atoms with Crippen LogP contribution in [0.25, 0.3) is 33.1 Å². The van der Waals surface area contributed by atoms with E-state index < -0.39 is 0 Å². The Kier molecular flexibility index (Phi) is 6.42. The van der Waals surface area contributed by atoms with Gasteiger partial charge in [0.2, 0.25) is 0 Å². The van der Waals surface area contributed by atoms with Gasteiger partial charge < -0.3 is 4.57 Å².